The summed E-state index contributed by atoms with van der Waals surface area (Å²) in [5.74, 6) is -1.32. The quantitative estimate of drug-likeness (QED) is 0.400. The van der Waals surface area contributed by atoms with Crippen molar-refractivity contribution in [3.8, 4) is 0 Å². The third-order valence-electron chi connectivity index (χ3n) is 3.41. The Hall–Kier alpha value is -3.59. The highest BCUT2D eigenvalue weighted by Gasteiger charge is 2.10. The summed E-state index contributed by atoms with van der Waals surface area (Å²) in [5.41, 5.74) is 12.2. The van der Waals surface area contributed by atoms with Crippen molar-refractivity contribution in [1.82, 2.24) is 10.2 Å². The van der Waals surface area contributed by atoms with Crippen molar-refractivity contribution in [2.45, 2.75) is 6.42 Å². The number of amides is 2. The molecule has 0 aliphatic carbocycles. The Morgan fingerprint density at radius 3 is 2.41 bits per heavy atom. The number of amidine groups is 1. The molecule has 0 unspecified atom stereocenters. The number of aliphatic imine (C=N–C) groups is 1. The smallest absolute Gasteiger partial charge is 0.249 e. The Labute approximate surface area is 153 Å². The van der Waals surface area contributed by atoms with Gasteiger partial charge in [-0.25, -0.2) is 4.39 Å². The van der Waals surface area contributed by atoms with E-state index in [4.69, 9.17) is 16.6 Å². The van der Waals surface area contributed by atoms with Gasteiger partial charge < -0.3 is 16.6 Å². The molecule has 2 aromatic carbocycles. The van der Waals surface area contributed by atoms with Crippen molar-refractivity contribution in [3.63, 3.8) is 0 Å². The SMILES string of the molecule is NC(=NC(=O)CCO)c1n[nH]c2ccccc12.NC(=O)c1ccc(F)cc1. The number of nitrogens with one attached hydrogen (secondary N) is 1. The minimum Gasteiger partial charge on any atom is -0.396 e. The van der Waals surface area contributed by atoms with Gasteiger partial charge in [-0.05, 0) is 30.3 Å². The molecule has 3 aromatic rings. The van der Waals surface area contributed by atoms with E-state index >= 15 is 0 Å². The van der Waals surface area contributed by atoms with Gasteiger partial charge in [0.25, 0.3) is 0 Å². The first kappa shape index (κ1) is 19.7. The molecule has 0 atom stereocenters. The van der Waals surface area contributed by atoms with E-state index in [0.717, 1.165) is 10.9 Å². The molecule has 0 aliphatic rings. The van der Waals surface area contributed by atoms with Crippen LogP contribution in [0.15, 0.2) is 53.5 Å². The molecule has 0 aliphatic heterocycles. The van der Waals surface area contributed by atoms with Gasteiger partial charge in [0.1, 0.15) is 11.5 Å². The number of fused-ring (bicyclic) bond motifs is 1. The lowest BCUT2D eigenvalue weighted by Gasteiger charge is -1.96. The average Bonchev–Trinajstić information content (AvgIpc) is 3.07. The van der Waals surface area contributed by atoms with Gasteiger partial charge in [0.15, 0.2) is 5.84 Å². The molecule has 140 valence electrons. The van der Waals surface area contributed by atoms with Crippen LogP contribution in [0.4, 0.5) is 4.39 Å². The van der Waals surface area contributed by atoms with Crippen LogP contribution in [-0.4, -0.2) is 39.6 Å². The number of primary amides is 1. The first-order valence-electron chi connectivity index (χ1n) is 7.89. The molecule has 0 bridgehead atoms. The van der Waals surface area contributed by atoms with Crippen LogP contribution in [0.2, 0.25) is 0 Å². The van der Waals surface area contributed by atoms with E-state index in [0.29, 0.717) is 11.3 Å². The lowest BCUT2D eigenvalue weighted by molar-refractivity contribution is -0.118. The molecule has 3 rings (SSSR count). The number of para-hydroxylation sites is 1. The normalized spacial score (nSPS) is 11.0. The van der Waals surface area contributed by atoms with Crippen LogP contribution in [0.1, 0.15) is 22.5 Å². The van der Waals surface area contributed by atoms with Gasteiger partial charge in [-0.1, -0.05) is 18.2 Å². The van der Waals surface area contributed by atoms with Gasteiger partial charge >= 0.3 is 0 Å². The number of rotatable bonds is 4. The number of benzene rings is 2. The van der Waals surface area contributed by atoms with Gasteiger partial charge in [-0.15, -0.1) is 0 Å². The Morgan fingerprint density at radius 2 is 1.78 bits per heavy atom. The number of carbonyl (C=O) groups is 2. The van der Waals surface area contributed by atoms with Crippen LogP contribution in [0.5, 0.6) is 0 Å². The van der Waals surface area contributed by atoms with Gasteiger partial charge in [0, 0.05) is 10.9 Å². The predicted molar refractivity (Wildman–Crippen MR) is 98.4 cm³/mol. The highest BCUT2D eigenvalue weighted by Crippen LogP contribution is 2.14. The number of nitrogens with two attached hydrogens (primary N) is 2. The van der Waals surface area contributed by atoms with Crippen molar-refractivity contribution >= 4 is 28.6 Å². The fourth-order valence-corrected chi connectivity index (χ4v) is 2.11. The van der Waals surface area contributed by atoms with Crippen molar-refractivity contribution in [3.05, 3.63) is 65.6 Å². The number of aromatic nitrogens is 2. The summed E-state index contributed by atoms with van der Waals surface area (Å²) in [7, 11) is 0. The summed E-state index contributed by atoms with van der Waals surface area (Å²) >= 11 is 0. The second-order valence-electron chi connectivity index (χ2n) is 5.35. The van der Waals surface area contributed by atoms with Crippen LogP contribution < -0.4 is 11.5 Å². The van der Waals surface area contributed by atoms with E-state index in [-0.39, 0.29) is 24.7 Å². The monoisotopic (exact) mass is 371 g/mol. The van der Waals surface area contributed by atoms with Crippen molar-refractivity contribution in [2.75, 3.05) is 6.61 Å². The zero-order chi connectivity index (χ0) is 19.8. The third-order valence-corrected chi connectivity index (χ3v) is 3.41. The standard InChI is InChI=1S/C11H12N4O2.C7H6FNO/c12-11(13-9(17)5-6-16)10-7-3-1-2-4-8(7)14-15-10;8-6-3-1-5(2-4-6)7(9)10/h1-4,16H,5-6H2,(H,14,15)(H2,12,13,17);1-4H,(H2,9,10). The lowest BCUT2D eigenvalue weighted by atomic mass is 10.2. The highest BCUT2D eigenvalue weighted by molar-refractivity contribution is 6.10. The molecule has 0 saturated heterocycles. The molecule has 0 spiro atoms. The number of hydrogen-bond acceptors (Lipinski definition) is 4. The fraction of sp³-hybridized carbons (Fsp3) is 0.111. The van der Waals surface area contributed by atoms with Gasteiger partial charge in [-0.3, -0.25) is 14.7 Å². The number of hydrogen-bond donors (Lipinski definition) is 4. The zero-order valence-corrected chi connectivity index (χ0v) is 14.2. The number of aliphatic hydroxyl groups is 1. The molecule has 9 heteroatoms. The van der Waals surface area contributed by atoms with E-state index in [1.807, 2.05) is 24.3 Å². The summed E-state index contributed by atoms with van der Waals surface area (Å²) in [6, 6.07) is 12.5. The van der Waals surface area contributed by atoms with Gasteiger partial charge in [0.2, 0.25) is 11.8 Å². The Bertz CT molecular complexity index is 967. The fourth-order valence-electron chi connectivity index (χ4n) is 2.11. The molecule has 0 radical (unpaired) electrons. The second kappa shape index (κ2) is 9.20. The van der Waals surface area contributed by atoms with E-state index in [2.05, 4.69) is 15.2 Å². The lowest BCUT2D eigenvalue weighted by Crippen LogP contribution is -2.17. The Morgan fingerprint density at radius 1 is 1.11 bits per heavy atom. The first-order valence-corrected chi connectivity index (χ1v) is 7.89. The number of nitrogens with zero attached hydrogens (tertiary/aromatic N) is 2. The number of aromatic amines is 1. The molecule has 0 saturated carbocycles. The van der Waals surface area contributed by atoms with Crippen LogP contribution in [0.25, 0.3) is 10.9 Å². The largest absolute Gasteiger partial charge is 0.396 e. The summed E-state index contributed by atoms with van der Waals surface area (Å²) in [6.07, 6.45) is -0.0386. The Balaban J connectivity index is 0.000000223. The van der Waals surface area contributed by atoms with E-state index in [1.165, 1.54) is 24.3 Å². The molecule has 2 amide bonds. The molecular weight excluding hydrogens is 353 g/mol. The first-order chi connectivity index (χ1) is 12.9. The maximum atomic E-state index is 12.2. The molecule has 1 aromatic heterocycles. The molecule has 0 fully saturated rings. The number of aliphatic hydroxyl groups excluding tert-OH is 1. The number of halogens is 1. The number of H-pyrrole nitrogens is 1. The van der Waals surface area contributed by atoms with Crippen molar-refractivity contribution in [2.24, 2.45) is 16.5 Å². The minimum absolute atomic E-state index is 0.0386. The van der Waals surface area contributed by atoms with Crippen LogP contribution in [-0.2, 0) is 4.79 Å². The third kappa shape index (κ3) is 5.44. The second-order valence-corrected chi connectivity index (χ2v) is 5.35. The van der Waals surface area contributed by atoms with Crippen LogP contribution in [0.3, 0.4) is 0 Å². The molecule has 27 heavy (non-hydrogen) atoms. The molecule has 6 N–H and O–H groups in total. The summed E-state index contributed by atoms with van der Waals surface area (Å²) in [4.78, 5) is 25.3. The molecule has 1 heterocycles. The average molecular weight is 371 g/mol. The van der Waals surface area contributed by atoms with Gasteiger partial charge in [-0.2, -0.15) is 10.1 Å². The maximum absolute atomic E-state index is 12.2. The predicted octanol–water partition coefficient (Wildman–Crippen LogP) is 1.10. The van der Waals surface area contributed by atoms with Crippen LogP contribution in [0, 0.1) is 5.82 Å². The zero-order valence-electron chi connectivity index (χ0n) is 14.2. The number of carbonyl (C=O) groups excluding carboxylic acids is 2. The highest BCUT2D eigenvalue weighted by atomic mass is 19.1. The Kier molecular flexibility index (Phi) is 6.73. The summed E-state index contributed by atoms with van der Waals surface area (Å²) in [6.45, 7) is -0.239. The van der Waals surface area contributed by atoms with Crippen LogP contribution >= 0.6 is 0 Å². The van der Waals surface area contributed by atoms with E-state index in [9.17, 15) is 14.0 Å². The molecular formula is C18H18FN5O3. The van der Waals surface area contributed by atoms with E-state index in [1.54, 1.807) is 0 Å². The molecule has 8 nitrogen and oxygen atoms in total. The topological polar surface area (TPSA) is 147 Å². The summed E-state index contributed by atoms with van der Waals surface area (Å²) < 4.78 is 12.2. The van der Waals surface area contributed by atoms with Crippen molar-refractivity contribution < 1.29 is 19.1 Å². The maximum Gasteiger partial charge on any atom is 0.249 e. The summed E-state index contributed by atoms with van der Waals surface area (Å²) in [5, 5.41) is 16.2. The van der Waals surface area contributed by atoms with E-state index < -0.39 is 11.8 Å². The van der Waals surface area contributed by atoms with Gasteiger partial charge in [0.05, 0.1) is 18.5 Å². The minimum atomic E-state index is -0.542. The van der Waals surface area contributed by atoms with Crippen molar-refractivity contribution in [1.29, 1.82) is 0 Å².